The Bertz CT molecular complexity index is 540. The summed E-state index contributed by atoms with van der Waals surface area (Å²) in [6.45, 7) is 0. The second-order valence-electron chi connectivity index (χ2n) is 2.68. The molecule has 0 aliphatic heterocycles. The summed E-state index contributed by atoms with van der Waals surface area (Å²) in [5.74, 6) is 0.202. The van der Waals surface area contributed by atoms with Gasteiger partial charge in [-0.05, 0) is 6.07 Å². The highest BCUT2D eigenvalue weighted by atomic mass is 16.5. The van der Waals surface area contributed by atoms with Crippen LogP contribution in [0.3, 0.4) is 0 Å². The Labute approximate surface area is 77.9 Å². The molecule has 2 aromatic heterocycles. The first-order valence-corrected chi connectivity index (χ1v) is 3.87. The first-order valence-electron chi connectivity index (χ1n) is 3.87. The van der Waals surface area contributed by atoms with Crippen LogP contribution in [0.1, 0.15) is 10.5 Å². The fourth-order valence-electron chi connectivity index (χ4n) is 1.25. The van der Waals surface area contributed by atoms with Crippen molar-refractivity contribution in [2.45, 2.75) is 0 Å². The number of methoxy groups -OCH3 is 1. The zero-order valence-corrected chi connectivity index (χ0v) is 7.33. The van der Waals surface area contributed by atoms with E-state index in [0.717, 1.165) is 0 Å². The van der Waals surface area contributed by atoms with E-state index in [1.54, 1.807) is 6.07 Å². The normalized spacial score (nSPS) is 10.4. The largest absolute Gasteiger partial charge is 0.480 e. The Balaban J connectivity index is 2.84. The molecule has 6 heteroatoms. The summed E-state index contributed by atoms with van der Waals surface area (Å²) < 4.78 is 4.90. The number of aromatic amines is 2. The lowest BCUT2D eigenvalue weighted by atomic mass is 10.3. The van der Waals surface area contributed by atoms with E-state index in [0.29, 0.717) is 23.0 Å². The van der Waals surface area contributed by atoms with Crippen LogP contribution in [0.2, 0.25) is 0 Å². The van der Waals surface area contributed by atoms with Crippen LogP contribution in [0.25, 0.3) is 11.0 Å². The Kier molecular flexibility index (Phi) is 1.81. The van der Waals surface area contributed by atoms with Crippen LogP contribution in [-0.4, -0.2) is 28.3 Å². The van der Waals surface area contributed by atoms with Crippen LogP contribution in [-0.2, 0) is 0 Å². The molecule has 2 N–H and O–H groups in total. The van der Waals surface area contributed by atoms with Crippen molar-refractivity contribution in [2.24, 2.45) is 0 Å². The van der Waals surface area contributed by atoms with Crippen molar-refractivity contribution in [3.8, 4) is 5.88 Å². The molecule has 0 bridgehead atoms. The molecule has 0 aliphatic carbocycles. The van der Waals surface area contributed by atoms with Crippen molar-refractivity contribution in [3.63, 3.8) is 0 Å². The molecule has 2 heterocycles. The predicted octanol–water partition coefficient (Wildman–Crippen LogP) is 0.0723. The predicted molar refractivity (Wildman–Crippen MR) is 48.7 cm³/mol. The van der Waals surface area contributed by atoms with Crippen LogP contribution in [0.15, 0.2) is 10.9 Å². The molecule has 0 saturated carbocycles. The maximum absolute atomic E-state index is 11.0. The summed E-state index contributed by atoms with van der Waals surface area (Å²) in [7, 11) is 1.41. The maximum Gasteiger partial charge on any atom is 0.349 e. The SMILES string of the molecule is COc1nc(=O)[nH]c2[nH]c(C=O)cc12. The highest BCUT2D eigenvalue weighted by Crippen LogP contribution is 2.19. The average molecular weight is 193 g/mol. The zero-order valence-electron chi connectivity index (χ0n) is 7.33. The molecule has 0 atom stereocenters. The summed E-state index contributed by atoms with van der Waals surface area (Å²) in [6.07, 6.45) is 0.651. The van der Waals surface area contributed by atoms with Crippen LogP contribution in [0.5, 0.6) is 5.88 Å². The van der Waals surface area contributed by atoms with Gasteiger partial charge in [-0.3, -0.25) is 9.78 Å². The number of nitrogens with one attached hydrogen (secondary N) is 2. The number of fused-ring (bicyclic) bond motifs is 1. The summed E-state index contributed by atoms with van der Waals surface area (Å²) in [5, 5.41) is 0.578. The van der Waals surface area contributed by atoms with E-state index in [9.17, 15) is 9.59 Å². The van der Waals surface area contributed by atoms with Crippen molar-refractivity contribution in [1.29, 1.82) is 0 Å². The Morgan fingerprint density at radius 1 is 1.50 bits per heavy atom. The second kappa shape index (κ2) is 2.99. The number of hydrogen-bond donors (Lipinski definition) is 2. The van der Waals surface area contributed by atoms with Crippen molar-refractivity contribution in [1.82, 2.24) is 15.0 Å². The number of aromatic nitrogens is 3. The van der Waals surface area contributed by atoms with Gasteiger partial charge in [-0.25, -0.2) is 4.79 Å². The molecule has 14 heavy (non-hydrogen) atoms. The number of H-pyrrole nitrogens is 2. The van der Waals surface area contributed by atoms with Crippen molar-refractivity contribution < 1.29 is 9.53 Å². The number of aldehydes is 1. The molecule has 0 radical (unpaired) electrons. The van der Waals surface area contributed by atoms with Crippen molar-refractivity contribution >= 4 is 17.3 Å². The monoisotopic (exact) mass is 193 g/mol. The molecule has 0 fully saturated rings. The summed E-state index contributed by atoms with van der Waals surface area (Å²) in [4.78, 5) is 30.3. The van der Waals surface area contributed by atoms with E-state index in [-0.39, 0.29) is 5.88 Å². The topological polar surface area (TPSA) is 87.8 Å². The lowest BCUT2D eigenvalue weighted by Crippen LogP contribution is -2.10. The molecule has 72 valence electrons. The van der Waals surface area contributed by atoms with E-state index in [1.807, 2.05) is 0 Å². The summed E-state index contributed by atoms with van der Waals surface area (Å²) in [6, 6.07) is 1.56. The highest BCUT2D eigenvalue weighted by Gasteiger charge is 2.08. The third kappa shape index (κ3) is 1.17. The van der Waals surface area contributed by atoms with Gasteiger partial charge in [0.15, 0.2) is 6.29 Å². The number of carbonyl (C=O) groups excluding carboxylic acids is 1. The van der Waals surface area contributed by atoms with Gasteiger partial charge in [0.05, 0.1) is 18.2 Å². The standard InChI is InChI=1S/C8H7N3O3/c1-14-7-5-2-4(3-12)9-6(5)10-8(13)11-7/h2-3H,1H3,(H2,9,10,11,13). The van der Waals surface area contributed by atoms with Crippen LogP contribution >= 0.6 is 0 Å². The van der Waals surface area contributed by atoms with E-state index >= 15 is 0 Å². The molecule has 0 amide bonds. The van der Waals surface area contributed by atoms with E-state index in [4.69, 9.17) is 4.74 Å². The van der Waals surface area contributed by atoms with Gasteiger partial charge < -0.3 is 9.72 Å². The fourth-order valence-corrected chi connectivity index (χ4v) is 1.25. The molecule has 0 aliphatic rings. The van der Waals surface area contributed by atoms with Gasteiger partial charge in [0.2, 0.25) is 5.88 Å². The molecular weight excluding hydrogens is 186 g/mol. The smallest absolute Gasteiger partial charge is 0.349 e. The molecular formula is C8H7N3O3. The number of nitrogens with zero attached hydrogens (tertiary/aromatic N) is 1. The Morgan fingerprint density at radius 3 is 2.93 bits per heavy atom. The van der Waals surface area contributed by atoms with Gasteiger partial charge in [0, 0.05) is 0 Å². The lowest BCUT2D eigenvalue weighted by molar-refractivity contribution is 0.112. The summed E-state index contributed by atoms with van der Waals surface area (Å²) >= 11 is 0. The molecule has 2 aromatic rings. The molecule has 0 aromatic carbocycles. The average Bonchev–Trinajstić information content (AvgIpc) is 2.59. The first kappa shape index (κ1) is 8.49. The Morgan fingerprint density at radius 2 is 2.29 bits per heavy atom. The highest BCUT2D eigenvalue weighted by molar-refractivity contribution is 5.88. The number of rotatable bonds is 2. The second-order valence-corrected chi connectivity index (χ2v) is 2.68. The minimum atomic E-state index is -0.520. The van der Waals surface area contributed by atoms with E-state index in [1.165, 1.54) is 7.11 Å². The minimum Gasteiger partial charge on any atom is -0.480 e. The molecule has 0 unspecified atom stereocenters. The molecule has 0 spiro atoms. The van der Waals surface area contributed by atoms with Gasteiger partial charge >= 0.3 is 5.69 Å². The molecule has 2 rings (SSSR count). The van der Waals surface area contributed by atoms with Crippen LogP contribution in [0.4, 0.5) is 0 Å². The minimum absolute atomic E-state index is 0.202. The quantitative estimate of drug-likeness (QED) is 0.660. The maximum atomic E-state index is 11.0. The van der Waals surface area contributed by atoms with E-state index in [2.05, 4.69) is 15.0 Å². The van der Waals surface area contributed by atoms with Crippen LogP contribution < -0.4 is 10.4 Å². The van der Waals surface area contributed by atoms with Gasteiger partial charge in [-0.15, -0.1) is 0 Å². The van der Waals surface area contributed by atoms with E-state index < -0.39 is 5.69 Å². The van der Waals surface area contributed by atoms with Gasteiger partial charge in [0.1, 0.15) is 5.65 Å². The number of hydrogen-bond acceptors (Lipinski definition) is 4. The first-order chi connectivity index (χ1) is 6.74. The third-order valence-electron chi connectivity index (χ3n) is 1.82. The van der Waals surface area contributed by atoms with Crippen molar-refractivity contribution in [3.05, 3.63) is 22.2 Å². The van der Waals surface area contributed by atoms with Crippen LogP contribution in [0, 0.1) is 0 Å². The van der Waals surface area contributed by atoms with Gasteiger partial charge in [-0.1, -0.05) is 0 Å². The molecule has 6 nitrogen and oxygen atoms in total. The lowest BCUT2D eigenvalue weighted by Gasteiger charge is -1.97. The summed E-state index contributed by atoms with van der Waals surface area (Å²) in [5.41, 5.74) is 0.277. The Hall–Kier alpha value is -2.11. The third-order valence-corrected chi connectivity index (χ3v) is 1.82. The van der Waals surface area contributed by atoms with Crippen molar-refractivity contribution in [2.75, 3.05) is 7.11 Å². The van der Waals surface area contributed by atoms with Gasteiger partial charge in [-0.2, -0.15) is 4.98 Å². The molecule has 0 saturated heterocycles. The van der Waals surface area contributed by atoms with Gasteiger partial charge in [0.25, 0.3) is 0 Å². The fraction of sp³-hybridized carbons (Fsp3) is 0.125. The zero-order chi connectivity index (χ0) is 10.1. The number of carbonyl (C=O) groups is 1. The number of ether oxygens (including phenoxy) is 1.